The molecule has 0 aromatic heterocycles. The quantitative estimate of drug-likeness (QED) is 0.307. The van der Waals surface area contributed by atoms with Crippen LogP contribution in [0.4, 0.5) is 5.69 Å². The lowest BCUT2D eigenvalue weighted by Crippen LogP contribution is -2.51. The second-order valence-electron chi connectivity index (χ2n) is 9.27. The highest BCUT2D eigenvalue weighted by atomic mass is 79.9. The minimum absolute atomic E-state index is 0.0370. The first kappa shape index (κ1) is 29.7. The number of nitrogens with one attached hydrogen (secondary N) is 1. The van der Waals surface area contributed by atoms with Crippen molar-refractivity contribution in [2.75, 3.05) is 17.4 Å². The number of hydrogen-bond acceptors (Lipinski definition) is 4. The Kier molecular flexibility index (Phi) is 10.4. The third-order valence-corrected chi connectivity index (χ3v) is 8.38. The lowest BCUT2D eigenvalue weighted by molar-refractivity contribution is -0.139. The van der Waals surface area contributed by atoms with Gasteiger partial charge in [0.15, 0.2) is 0 Å². The first-order valence-electron chi connectivity index (χ1n) is 12.1. The fourth-order valence-corrected chi connectivity index (χ4v) is 5.58. The predicted molar refractivity (Wildman–Crippen MR) is 154 cm³/mol. The van der Waals surface area contributed by atoms with Gasteiger partial charge in [-0.05, 0) is 60.9 Å². The van der Waals surface area contributed by atoms with Crippen LogP contribution in [0.1, 0.15) is 26.3 Å². The van der Waals surface area contributed by atoms with E-state index in [2.05, 4.69) is 21.2 Å². The third kappa shape index (κ3) is 7.82. The molecule has 10 heteroatoms. The van der Waals surface area contributed by atoms with Gasteiger partial charge in [0.1, 0.15) is 12.6 Å². The van der Waals surface area contributed by atoms with Crippen molar-refractivity contribution in [3.63, 3.8) is 0 Å². The Balaban J connectivity index is 1.99. The van der Waals surface area contributed by atoms with Gasteiger partial charge in [-0.25, -0.2) is 8.42 Å². The van der Waals surface area contributed by atoms with Gasteiger partial charge in [0.25, 0.3) is 10.0 Å². The number of benzene rings is 3. The zero-order valence-corrected chi connectivity index (χ0v) is 24.6. The predicted octanol–water partition coefficient (Wildman–Crippen LogP) is 5.49. The minimum atomic E-state index is -4.12. The third-order valence-electron chi connectivity index (χ3n) is 5.82. The SMILES string of the molecule is CC(C)CNC(=O)[C@@H](C)N(Cc1ccc(Br)cc1)C(=O)CN(c1cccc(Cl)c1)S(=O)(=O)c1ccccc1. The average molecular weight is 621 g/mol. The van der Waals surface area contributed by atoms with Crippen LogP contribution in [0.3, 0.4) is 0 Å². The van der Waals surface area contributed by atoms with Gasteiger partial charge in [0, 0.05) is 22.6 Å². The molecule has 0 aliphatic carbocycles. The first-order valence-corrected chi connectivity index (χ1v) is 14.7. The fraction of sp³-hybridized carbons (Fsp3) is 0.286. The topological polar surface area (TPSA) is 86.8 Å². The van der Waals surface area contributed by atoms with Gasteiger partial charge in [-0.1, -0.05) is 77.8 Å². The molecule has 0 aliphatic rings. The zero-order chi connectivity index (χ0) is 27.9. The van der Waals surface area contributed by atoms with Crippen molar-refractivity contribution in [1.29, 1.82) is 0 Å². The molecule has 0 radical (unpaired) electrons. The van der Waals surface area contributed by atoms with E-state index in [-0.39, 0.29) is 29.0 Å². The summed E-state index contributed by atoms with van der Waals surface area (Å²) in [6.45, 7) is 5.66. The summed E-state index contributed by atoms with van der Waals surface area (Å²) < 4.78 is 29.3. The van der Waals surface area contributed by atoms with Crippen molar-refractivity contribution in [2.24, 2.45) is 5.92 Å². The van der Waals surface area contributed by atoms with Crippen LogP contribution in [0.2, 0.25) is 5.02 Å². The van der Waals surface area contributed by atoms with Gasteiger partial charge < -0.3 is 10.2 Å². The number of anilines is 1. The number of hydrogen-bond donors (Lipinski definition) is 1. The second kappa shape index (κ2) is 13.3. The van der Waals surface area contributed by atoms with E-state index < -0.39 is 28.5 Å². The Morgan fingerprint density at radius 2 is 1.61 bits per heavy atom. The van der Waals surface area contributed by atoms with E-state index in [0.29, 0.717) is 11.6 Å². The van der Waals surface area contributed by atoms with Crippen LogP contribution in [0.25, 0.3) is 0 Å². The normalized spacial score (nSPS) is 12.2. The molecule has 202 valence electrons. The number of carbonyl (C=O) groups excluding carboxylic acids is 2. The summed E-state index contributed by atoms with van der Waals surface area (Å²) >= 11 is 9.59. The van der Waals surface area contributed by atoms with Crippen LogP contribution in [0.15, 0.2) is 88.2 Å². The highest BCUT2D eigenvalue weighted by molar-refractivity contribution is 9.10. The number of halogens is 2. The number of carbonyl (C=O) groups is 2. The van der Waals surface area contributed by atoms with Crippen molar-refractivity contribution in [1.82, 2.24) is 10.2 Å². The Hall–Kier alpha value is -2.88. The standard InChI is InChI=1S/C28H31BrClN3O4S/c1-20(2)17-31-28(35)21(3)32(18-22-12-14-23(29)15-13-22)27(34)19-33(25-9-7-8-24(30)16-25)38(36,37)26-10-5-4-6-11-26/h4-16,20-21H,17-19H2,1-3H3,(H,31,35)/t21-/m1/s1. The summed E-state index contributed by atoms with van der Waals surface area (Å²) in [6.07, 6.45) is 0. The summed E-state index contributed by atoms with van der Waals surface area (Å²) in [5.41, 5.74) is 1.04. The second-order valence-corrected chi connectivity index (χ2v) is 12.5. The molecule has 1 atom stereocenters. The molecule has 7 nitrogen and oxygen atoms in total. The molecule has 0 spiro atoms. The van der Waals surface area contributed by atoms with Crippen molar-refractivity contribution in [2.45, 2.75) is 38.3 Å². The molecule has 0 heterocycles. The Morgan fingerprint density at radius 3 is 2.21 bits per heavy atom. The maximum Gasteiger partial charge on any atom is 0.264 e. The number of rotatable bonds is 11. The summed E-state index contributed by atoms with van der Waals surface area (Å²) in [6, 6.07) is 20.8. The van der Waals surface area contributed by atoms with Crippen LogP contribution in [0, 0.1) is 5.92 Å². The van der Waals surface area contributed by atoms with Crippen molar-refractivity contribution < 1.29 is 18.0 Å². The van der Waals surface area contributed by atoms with E-state index in [0.717, 1.165) is 14.3 Å². The van der Waals surface area contributed by atoms with Crippen LogP contribution >= 0.6 is 27.5 Å². The minimum Gasteiger partial charge on any atom is -0.354 e. The molecule has 0 saturated carbocycles. The molecule has 0 saturated heterocycles. The summed E-state index contributed by atoms with van der Waals surface area (Å²) in [7, 11) is -4.12. The zero-order valence-electron chi connectivity index (χ0n) is 21.5. The number of sulfonamides is 1. The monoisotopic (exact) mass is 619 g/mol. The van der Waals surface area contributed by atoms with Crippen LogP contribution in [-0.4, -0.2) is 44.3 Å². The van der Waals surface area contributed by atoms with Gasteiger partial charge in [0.05, 0.1) is 10.6 Å². The molecule has 3 rings (SSSR count). The average Bonchev–Trinajstić information content (AvgIpc) is 2.89. The lowest BCUT2D eigenvalue weighted by atomic mass is 10.1. The molecular weight excluding hydrogens is 590 g/mol. The molecule has 0 bridgehead atoms. The van der Waals surface area contributed by atoms with Gasteiger partial charge in [-0.15, -0.1) is 0 Å². The lowest BCUT2D eigenvalue weighted by Gasteiger charge is -2.32. The molecule has 38 heavy (non-hydrogen) atoms. The molecule has 0 unspecified atom stereocenters. The van der Waals surface area contributed by atoms with Crippen molar-refractivity contribution in [3.05, 3.63) is 93.9 Å². The van der Waals surface area contributed by atoms with Gasteiger partial charge in [-0.3, -0.25) is 13.9 Å². The van der Waals surface area contributed by atoms with Crippen LogP contribution < -0.4 is 9.62 Å². The maximum atomic E-state index is 13.8. The summed E-state index contributed by atoms with van der Waals surface area (Å²) in [5, 5.41) is 3.20. The smallest absolute Gasteiger partial charge is 0.264 e. The van der Waals surface area contributed by atoms with Gasteiger partial charge >= 0.3 is 0 Å². The Bertz CT molecular complexity index is 1350. The van der Waals surface area contributed by atoms with E-state index >= 15 is 0 Å². The van der Waals surface area contributed by atoms with Crippen LogP contribution in [-0.2, 0) is 26.2 Å². The first-order chi connectivity index (χ1) is 18.0. The highest BCUT2D eigenvalue weighted by Gasteiger charge is 2.32. The number of amides is 2. The molecule has 2 amide bonds. The van der Waals surface area contributed by atoms with E-state index in [4.69, 9.17) is 11.6 Å². The van der Waals surface area contributed by atoms with Crippen molar-refractivity contribution in [3.8, 4) is 0 Å². The molecule has 0 aliphatic heterocycles. The largest absolute Gasteiger partial charge is 0.354 e. The summed E-state index contributed by atoms with van der Waals surface area (Å²) in [4.78, 5) is 28.3. The fourth-order valence-electron chi connectivity index (χ4n) is 3.70. The van der Waals surface area contributed by atoms with Crippen molar-refractivity contribution >= 4 is 55.1 Å². The number of nitrogens with zero attached hydrogens (tertiary/aromatic N) is 2. The Labute approximate surface area is 238 Å². The highest BCUT2D eigenvalue weighted by Crippen LogP contribution is 2.27. The van der Waals surface area contributed by atoms with E-state index in [1.165, 1.54) is 23.1 Å². The van der Waals surface area contributed by atoms with Gasteiger partial charge in [-0.2, -0.15) is 0 Å². The van der Waals surface area contributed by atoms with E-state index in [1.54, 1.807) is 43.3 Å². The van der Waals surface area contributed by atoms with E-state index in [9.17, 15) is 18.0 Å². The maximum absolute atomic E-state index is 13.8. The summed E-state index contributed by atoms with van der Waals surface area (Å²) in [5.74, 6) is -0.611. The van der Waals surface area contributed by atoms with Gasteiger partial charge in [0.2, 0.25) is 11.8 Å². The van der Waals surface area contributed by atoms with Crippen LogP contribution in [0.5, 0.6) is 0 Å². The molecule has 3 aromatic rings. The molecule has 1 N–H and O–H groups in total. The van der Waals surface area contributed by atoms with E-state index in [1.807, 2.05) is 38.1 Å². The molecule has 3 aromatic carbocycles. The molecular formula is C28H31BrClN3O4S. The Morgan fingerprint density at radius 1 is 0.947 bits per heavy atom. The molecule has 0 fully saturated rings.